The van der Waals surface area contributed by atoms with Gasteiger partial charge in [0.2, 0.25) is 17.7 Å². The fourth-order valence-corrected chi connectivity index (χ4v) is 2.87. The molecule has 2 rings (SSSR count). The molecule has 0 spiro atoms. The minimum absolute atomic E-state index is 0.347. The van der Waals surface area contributed by atoms with Gasteiger partial charge in [-0.05, 0) is 19.1 Å². The molecule has 1 fully saturated rings. The van der Waals surface area contributed by atoms with Gasteiger partial charge in [-0.2, -0.15) is 21.7 Å². The highest BCUT2D eigenvalue weighted by molar-refractivity contribution is 8.00. The Balaban J connectivity index is 2.04. The third-order valence-corrected chi connectivity index (χ3v) is 4.78. The predicted molar refractivity (Wildman–Crippen MR) is 73.7 cm³/mol. The van der Waals surface area contributed by atoms with E-state index in [1.165, 1.54) is 19.3 Å². The van der Waals surface area contributed by atoms with Crippen LogP contribution in [0.2, 0.25) is 0 Å². The Hall–Kier alpha value is -1.17. The molecule has 1 aromatic rings. The van der Waals surface area contributed by atoms with Crippen molar-refractivity contribution in [2.75, 3.05) is 32.3 Å². The summed E-state index contributed by atoms with van der Waals surface area (Å²) in [5.74, 6) is 1.58. The third-order valence-electron chi connectivity index (χ3n) is 3.36. The van der Waals surface area contributed by atoms with Crippen molar-refractivity contribution in [1.29, 1.82) is 0 Å². The molecule has 1 N–H and O–H groups in total. The summed E-state index contributed by atoms with van der Waals surface area (Å²) < 4.78 is 10.6. The fraction of sp³-hybridized carbons (Fsp3) is 0.667. The van der Waals surface area contributed by atoms with Crippen LogP contribution in [-0.4, -0.2) is 41.7 Å². The van der Waals surface area contributed by atoms with Crippen molar-refractivity contribution in [2.45, 2.75) is 24.0 Å². The maximum absolute atomic E-state index is 5.12. The van der Waals surface area contributed by atoms with Gasteiger partial charge in [0.15, 0.2) is 0 Å². The molecule has 100 valence electrons. The monoisotopic (exact) mass is 269 g/mol. The fourth-order valence-electron chi connectivity index (χ4n) is 1.96. The molecular weight excluding hydrogens is 250 g/mol. The van der Waals surface area contributed by atoms with E-state index in [2.05, 4.69) is 21.5 Å². The van der Waals surface area contributed by atoms with E-state index in [4.69, 9.17) is 9.47 Å². The van der Waals surface area contributed by atoms with E-state index in [-0.39, 0.29) is 0 Å². The normalized spacial score (nSPS) is 16.8. The molecule has 0 atom stereocenters. The van der Waals surface area contributed by atoms with Crippen molar-refractivity contribution < 1.29 is 9.47 Å². The highest BCUT2D eigenvalue weighted by Gasteiger charge is 2.36. The Labute approximate surface area is 112 Å². The number of thioether (sulfide) groups is 1. The molecule has 0 saturated heterocycles. The molecular formula is C12H19N3O2S. The molecule has 5 nitrogen and oxygen atoms in total. The van der Waals surface area contributed by atoms with Crippen molar-refractivity contribution in [3.8, 4) is 11.8 Å². The van der Waals surface area contributed by atoms with Crippen LogP contribution >= 0.6 is 11.8 Å². The van der Waals surface area contributed by atoms with E-state index in [1.54, 1.807) is 20.3 Å². The molecule has 0 aromatic carbocycles. The van der Waals surface area contributed by atoms with E-state index >= 15 is 0 Å². The van der Waals surface area contributed by atoms with Crippen LogP contribution in [0.25, 0.3) is 0 Å². The largest absolute Gasteiger partial charge is 0.481 e. The van der Waals surface area contributed by atoms with Crippen LogP contribution in [0.4, 0.5) is 5.95 Å². The minimum atomic E-state index is 0.347. The number of rotatable bonds is 6. The number of anilines is 1. The van der Waals surface area contributed by atoms with Crippen molar-refractivity contribution in [3.63, 3.8) is 0 Å². The topological polar surface area (TPSA) is 56.3 Å². The molecule has 0 radical (unpaired) electrons. The van der Waals surface area contributed by atoms with Gasteiger partial charge in [-0.15, -0.1) is 0 Å². The van der Waals surface area contributed by atoms with Crippen molar-refractivity contribution in [3.05, 3.63) is 6.07 Å². The molecule has 1 heterocycles. The first kappa shape index (κ1) is 13.3. The molecule has 1 aromatic heterocycles. The number of hydrogen-bond acceptors (Lipinski definition) is 6. The Morgan fingerprint density at radius 3 is 2.28 bits per heavy atom. The maximum atomic E-state index is 5.12. The van der Waals surface area contributed by atoms with Crippen molar-refractivity contribution in [2.24, 2.45) is 0 Å². The zero-order valence-corrected chi connectivity index (χ0v) is 11.8. The average molecular weight is 269 g/mol. The summed E-state index contributed by atoms with van der Waals surface area (Å²) in [6, 6.07) is 1.67. The molecule has 0 bridgehead atoms. The quantitative estimate of drug-likeness (QED) is 0.854. The summed E-state index contributed by atoms with van der Waals surface area (Å²) in [6.07, 6.45) is 5.98. The third kappa shape index (κ3) is 2.80. The predicted octanol–water partition coefficient (Wildman–Crippen LogP) is 2.19. The summed E-state index contributed by atoms with van der Waals surface area (Å²) in [5, 5.41) is 3.28. The van der Waals surface area contributed by atoms with Gasteiger partial charge in [-0.25, -0.2) is 0 Å². The Bertz CT molecular complexity index is 383. The lowest BCUT2D eigenvalue weighted by Crippen LogP contribution is -2.40. The zero-order valence-electron chi connectivity index (χ0n) is 11.0. The first-order valence-electron chi connectivity index (χ1n) is 5.97. The van der Waals surface area contributed by atoms with E-state index in [0.717, 1.165) is 6.54 Å². The molecule has 1 saturated carbocycles. The second-order valence-electron chi connectivity index (χ2n) is 4.37. The molecule has 1 aliphatic carbocycles. The number of nitrogens with zero attached hydrogens (tertiary/aromatic N) is 2. The lowest BCUT2D eigenvalue weighted by atomic mass is 9.84. The van der Waals surface area contributed by atoms with Gasteiger partial charge in [0.1, 0.15) is 0 Å². The standard InChI is InChI=1S/C12H19N3O2S/c1-16-9-7-10(17-2)15-11(14-9)13-8-12(18-3)5-4-6-12/h7H,4-6,8H2,1-3H3,(H,13,14,15). The van der Waals surface area contributed by atoms with E-state index in [9.17, 15) is 0 Å². The van der Waals surface area contributed by atoms with Crippen molar-refractivity contribution >= 4 is 17.7 Å². The number of ether oxygens (including phenoxy) is 2. The first-order chi connectivity index (χ1) is 8.71. The summed E-state index contributed by atoms with van der Waals surface area (Å²) in [4.78, 5) is 8.52. The first-order valence-corrected chi connectivity index (χ1v) is 7.20. The maximum Gasteiger partial charge on any atom is 0.229 e. The van der Waals surface area contributed by atoms with Crippen LogP contribution in [0.5, 0.6) is 11.8 Å². The smallest absolute Gasteiger partial charge is 0.229 e. The highest BCUT2D eigenvalue weighted by atomic mass is 32.2. The Morgan fingerprint density at radius 2 is 1.89 bits per heavy atom. The molecule has 0 amide bonds. The lowest BCUT2D eigenvalue weighted by molar-refractivity contribution is 0.368. The highest BCUT2D eigenvalue weighted by Crippen LogP contribution is 2.42. The number of methoxy groups -OCH3 is 2. The molecule has 0 unspecified atom stereocenters. The number of nitrogens with one attached hydrogen (secondary N) is 1. The van der Waals surface area contributed by atoms with Crippen molar-refractivity contribution in [1.82, 2.24) is 9.97 Å². The Morgan fingerprint density at radius 1 is 1.28 bits per heavy atom. The van der Waals surface area contributed by atoms with E-state index < -0.39 is 0 Å². The SMILES string of the molecule is COc1cc(OC)nc(NCC2(SC)CCC2)n1. The second kappa shape index (κ2) is 5.65. The van der Waals surface area contributed by atoms with E-state index in [0.29, 0.717) is 22.5 Å². The van der Waals surface area contributed by atoms with Crippen LogP contribution in [-0.2, 0) is 0 Å². The van der Waals surface area contributed by atoms with Crippen LogP contribution in [0.3, 0.4) is 0 Å². The number of aromatic nitrogens is 2. The summed E-state index contributed by atoms with van der Waals surface area (Å²) in [5.41, 5.74) is 0. The van der Waals surface area contributed by atoms with Gasteiger partial charge in [-0.3, -0.25) is 0 Å². The minimum Gasteiger partial charge on any atom is -0.481 e. The molecule has 0 aliphatic heterocycles. The zero-order chi connectivity index (χ0) is 13.0. The average Bonchev–Trinajstić information content (AvgIpc) is 2.37. The summed E-state index contributed by atoms with van der Waals surface area (Å²) in [7, 11) is 3.17. The molecule has 1 aliphatic rings. The van der Waals surface area contributed by atoms with Gasteiger partial charge in [0.05, 0.1) is 20.3 Å². The Kier molecular flexibility index (Phi) is 4.16. The van der Waals surface area contributed by atoms with Gasteiger partial charge >= 0.3 is 0 Å². The summed E-state index contributed by atoms with van der Waals surface area (Å²) >= 11 is 1.92. The van der Waals surface area contributed by atoms with Gasteiger partial charge in [-0.1, -0.05) is 6.42 Å². The lowest BCUT2D eigenvalue weighted by Gasteiger charge is -2.40. The van der Waals surface area contributed by atoms with Crippen LogP contribution in [0.15, 0.2) is 6.07 Å². The van der Waals surface area contributed by atoms with Crippen LogP contribution in [0, 0.1) is 0 Å². The van der Waals surface area contributed by atoms with Crippen LogP contribution < -0.4 is 14.8 Å². The molecule has 18 heavy (non-hydrogen) atoms. The van der Waals surface area contributed by atoms with Gasteiger partial charge < -0.3 is 14.8 Å². The van der Waals surface area contributed by atoms with Crippen LogP contribution in [0.1, 0.15) is 19.3 Å². The van der Waals surface area contributed by atoms with E-state index in [1.807, 2.05) is 11.8 Å². The molecule has 6 heteroatoms. The number of hydrogen-bond donors (Lipinski definition) is 1. The second-order valence-corrected chi connectivity index (χ2v) is 5.64. The summed E-state index contributed by atoms with van der Waals surface area (Å²) in [6.45, 7) is 0.879. The van der Waals surface area contributed by atoms with Gasteiger partial charge in [0.25, 0.3) is 0 Å². The van der Waals surface area contributed by atoms with Gasteiger partial charge in [0, 0.05) is 11.3 Å².